The first kappa shape index (κ1) is 11.3. The summed E-state index contributed by atoms with van der Waals surface area (Å²) in [4.78, 5) is 8.70. The third-order valence-corrected chi connectivity index (χ3v) is 3.43. The van der Waals surface area contributed by atoms with Gasteiger partial charge in [0.2, 0.25) is 0 Å². The van der Waals surface area contributed by atoms with E-state index in [1.165, 1.54) is 12.3 Å². The highest BCUT2D eigenvalue weighted by atomic mass is 19.1. The van der Waals surface area contributed by atoms with Crippen LogP contribution < -0.4 is 5.73 Å². The maximum Gasteiger partial charge on any atom is 0.141 e. The first-order chi connectivity index (χ1) is 8.65. The standard InChI is InChI=1S/C13H15FN4/c1-8-13(11-4-2-9(14)6-16-11)17-12-5-3-10(15)7-18(8)12/h2,4,6,10H,3,5,7,15H2,1H3. The third kappa shape index (κ3) is 1.80. The fraction of sp³-hybridized carbons (Fsp3) is 0.385. The van der Waals surface area contributed by atoms with Crippen LogP contribution in [0.4, 0.5) is 4.39 Å². The van der Waals surface area contributed by atoms with E-state index >= 15 is 0 Å². The zero-order valence-electron chi connectivity index (χ0n) is 10.2. The molecular weight excluding hydrogens is 231 g/mol. The normalized spacial score (nSPS) is 18.7. The van der Waals surface area contributed by atoms with Crippen LogP contribution in [0.3, 0.4) is 0 Å². The van der Waals surface area contributed by atoms with Crippen LogP contribution in [0.25, 0.3) is 11.4 Å². The number of aromatic nitrogens is 3. The molecule has 3 rings (SSSR count). The first-order valence-corrected chi connectivity index (χ1v) is 6.08. The Morgan fingerprint density at radius 1 is 1.44 bits per heavy atom. The highest BCUT2D eigenvalue weighted by Gasteiger charge is 2.21. The Labute approximate surface area is 105 Å². The van der Waals surface area contributed by atoms with Crippen LogP contribution in [0.2, 0.25) is 0 Å². The summed E-state index contributed by atoms with van der Waals surface area (Å²) < 4.78 is 15.0. The average molecular weight is 246 g/mol. The molecule has 18 heavy (non-hydrogen) atoms. The molecule has 5 heteroatoms. The molecule has 1 atom stereocenters. The lowest BCUT2D eigenvalue weighted by atomic mass is 10.1. The van der Waals surface area contributed by atoms with Gasteiger partial charge < -0.3 is 10.3 Å². The molecular formula is C13H15FN4. The van der Waals surface area contributed by atoms with Gasteiger partial charge in [0.05, 0.1) is 11.9 Å². The van der Waals surface area contributed by atoms with Crippen molar-refractivity contribution in [2.45, 2.75) is 32.4 Å². The number of halogens is 1. The molecule has 3 heterocycles. The monoisotopic (exact) mass is 246 g/mol. The van der Waals surface area contributed by atoms with Gasteiger partial charge >= 0.3 is 0 Å². The van der Waals surface area contributed by atoms with Gasteiger partial charge in [0.1, 0.15) is 17.3 Å². The number of aryl methyl sites for hydroxylation is 1. The maximum atomic E-state index is 12.9. The molecule has 0 saturated heterocycles. The summed E-state index contributed by atoms with van der Waals surface area (Å²) in [7, 11) is 0. The molecule has 0 aliphatic carbocycles. The zero-order chi connectivity index (χ0) is 12.7. The van der Waals surface area contributed by atoms with Crippen molar-refractivity contribution in [2.24, 2.45) is 5.73 Å². The highest BCUT2D eigenvalue weighted by molar-refractivity contribution is 5.57. The van der Waals surface area contributed by atoms with Gasteiger partial charge in [-0.05, 0) is 25.5 Å². The van der Waals surface area contributed by atoms with Crippen molar-refractivity contribution in [1.29, 1.82) is 0 Å². The Balaban J connectivity index is 2.06. The van der Waals surface area contributed by atoms with Gasteiger partial charge in [-0.15, -0.1) is 0 Å². The summed E-state index contributed by atoms with van der Waals surface area (Å²) in [6.07, 6.45) is 3.08. The highest BCUT2D eigenvalue weighted by Crippen LogP contribution is 2.25. The van der Waals surface area contributed by atoms with Gasteiger partial charge in [-0.1, -0.05) is 0 Å². The number of rotatable bonds is 1. The van der Waals surface area contributed by atoms with Gasteiger partial charge in [-0.3, -0.25) is 4.98 Å². The van der Waals surface area contributed by atoms with E-state index in [4.69, 9.17) is 5.73 Å². The van der Waals surface area contributed by atoms with E-state index in [2.05, 4.69) is 14.5 Å². The maximum absolute atomic E-state index is 12.9. The Kier molecular flexibility index (Phi) is 2.63. The molecule has 2 N–H and O–H groups in total. The van der Waals surface area contributed by atoms with E-state index in [9.17, 15) is 4.39 Å². The van der Waals surface area contributed by atoms with E-state index in [0.29, 0.717) is 5.69 Å². The number of hydrogen-bond donors (Lipinski definition) is 1. The van der Waals surface area contributed by atoms with Crippen molar-refractivity contribution in [2.75, 3.05) is 0 Å². The van der Waals surface area contributed by atoms with Crippen LogP contribution in [0.5, 0.6) is 0 Å². The lowest BCUT2D eigenvalue weighted by molar-refractivity contribution is 0.448. The third-order valence-electron chi connectivity index (χ3n) is 3.43. The van der Waals surface area contributed by atoms with E-state index in [-0.39, 0.29) is 11.9 Å². The van der Waals surface area contributed by atoms with Crippen LogP contribution in [0.1, 0.15) is 17.9 Å². The number of fused-ring (bicyclic) bond motifs is 1. The summed E-state index contributed by atoms with van der Waals surface area (Å²) in [5, 5.41) is 0. The molecule has 0 aromatic carbocycles. The Morgan fingerprint density at radius 2 is 2.28 bits per heavy atom. The molecule has 0 bridgehead atoms. The second kappa shape index (κ2) is 4.17. The second-order valence-corrected chi connectivity index (χ2v) is 4.73. The molecule has 1 aliphatic heterocycles. The fourth-order valence-corrected chi connectivity index (χ4v) is 2.42. The Bertz CT molecular complexity index is 573. The summed E-state index contributed by atoms with van der Waals surface area (Å²) in [6, 6.07) is 3.27. The average Bonchev–Trinajstić information content (AvgIpc) is 2.68. The quantitative estimate of drug-likeness (QED) is 0.832. The molecule has 0 spiro atoms. The zero-order valence-corrected chi connectivity index (χ0v) is 10.2. The Morgan fingerprint density at radius 3 is 3.00 bits per heavy atom. The van der Waals surface area contributed by atoms with Gasteiger partial charge in [0.25, 0.3) is 0 Å². The molecule has 0 radical (unpaired) electrons. The van der Waals surface area contributed by atoms with E-state index < -0.39 is 0 Å². The summed E-state index contributed by atoms with van der Waals surface area (Å²) in [6.45, 7) is 2.81. The molecule has 0 amide bonds. The SMILES string of the molecule is Cc1c(-c2ccc(F)cn2)nc2n1CC(N)CC2. The Hall–Kier alpha value is -1.75. The minimum atomic E-state index is -0.331. The first-order valence-electron chi connectivity index (χ1n) is 6.08. The minimum Gasteiger partial charge on any atom is -0.330 e. The van der Waals surface area contributed by atoms with Crippen LogP contribution in [-0.4, -0.2) is 20.6 Å². The van der Waals surface area contributed by atoms with Crippen LogP contribution in [0, 0.1) is 12.7 Å². The second-order valence-electron chi connectivity index (χ2n) is 4.73. The summed E-state index contributed by atoms with van der Waals surface area (Å²) in [5.74, 6) is 0.720. The molecule has 2 aromatic heterocycles. The molecule has 0 saturated carbocycles. The van der Waals surface area contributed by atoms with Crippen LogP contribution >= 0.6 is 0 Å². The number of hydrogen-bond acceptors (Lipinski definition) is 3. The van der Waals surface area contributed by atoms with E-state index in [1.807, 2.05) is 6.92 Å². The van der Waals surface area contributed by atoms with Crippen molar-refractivity contribution >= 4 is 0 Å². The van der Waals surface area contributed by atoms with Gasteiger partial charge in [-0.25, -0.2) is 9.37 Å². The lowest BCUT2D eigenvalue weighted by Crippen LogP contribution is -2.32. The van der Waals surface area contributed by atoms with Gasteiger partial charge in [0.15, 0.2) is 0 Å². The van der Waals surface area contributed by atoms with Crippen molar-refractivity contribution in [3.05, 3.63) is 35.7 Å². The number of nitrogens with two attached hydrogens (primary N) is 1. The molecule has 2 aromatic rings. The number of nitrogens with zero attached hydrogens (tertiary/aromatic N) is 3. The van der Waals surface area contributed by atoms with Gasteiger partial charge in [-0.2, -0.15) is 0 Å². The number of pyridine rings is 1. The van der Waals surface area contributed by atoms with Crippen LogP contribution in [0.15, 0.2) is 18.3 Å². The molecule has 1 aliphatic rings. The van der Waals surface area contributed by atoms with E-state index in [0.717, 1.165) is 36.6 Å². The summed E-state index contributed by atoms with van der Waals surface area (Å²) in [5.41, 5.74) is 8.57. The molecule has 4 nitrogen and oxygen atoms in total. The molecule has 1 unspecified atom stereocenters. The van der Waals surface area contributed by atoms with Crippen molar-refractivity contribution in [3.63, 3.8) is 0 Å². The topological polar surface area (TPSA) is 56.7 Å². The largest absolute Gasteiger partial charge is 0.330 e. The predicted octanol–water partition coefficient (Wildman–Crippen LogP) is 1.67. The molecule has 0 fully saturated rings. The van der Waals surface area contributed by atoms with Gasteiger partial charge in [0, 0.05) is 24.7 Å². The number of imidazole rings is 1. The predicted molar refractivity (Wildman–Crippen MR) is 66.4 cm³/mol. The van der Waals surface area contributed by atoms with Crippen molar-refractivity contribution in [3.8, 4) is 11.4 Å². The lowest BCUT2D eigenvalue weighted by Gasteiger charge is -2.21. The minimum absolute atomic E-state index is 0.194. The smallest absolute Gasteiger partial charge is 0.141 e. The fourth-order valence-electron chi connectivity index (χ4n) is 2.42. The van der Waals surface area contributed by atoms with Crippen molar-refractivity contribution < 1.29 is 4.39 Å². The van der Waals surface area contributed by atoms with Crippen LogP contribution in [-0.2, 0) is 13.0 Å². The molecule has 94 valence electrons. The van der Waals surface area contributed by atoms with Crippen molar-refractivity contribution in [1.82, 2.24) is 14.5 Å². The summed E-state index contributed by atoms with van der Waals surface area (Å²) >= 11 is 0. The van der Waals surface area contributed by atoms with E-state index in [1.54, 1.807) is 6.07 Å².